The minimum absolute atomic E-state index is 0.190. The van der Waals surface area contributed by atoms with Crippen molar-refractivity contribution >= 4 is 11.6 Å². The van der Waals surface area contributed by atoms with Crippen molar-refractivity contribution < 1.29 is 0 Å². The van der Waals surface area contributed by atoms with E-state index in [4.69, 9.17) is 17.3 Å². The van der Waals surface area contributed by atoms with E-state index in [0.717, 1.165) is 17.0 Å². The first kappa shape index (κ1) is 11.5. The van der Waals surface area contributed by atoms with Crippen molar-refractivity contribution in [3.05, 3.63) is 34.3 Å². The quantitative estimate of drug-likeness (QED) is 0.817. The first-order chi connectivity index (χ1) is 6.50. The molecule has 0 saturated heterocycles. The number of halogens is 1. The Bertz CT molecular complexity index is 307. The molecule has 1 aromatic rings. The van der Waals surface area contributed by atoms with E-state index < -0.39 is 0 Å². The van der Waals surface area contributed by atoms with Crippen LogP contribution in [0.25, 0.3) is 0 Å². The first-order valence-corrected chi connectivity index (χ1v) is 5.39. The average Bonchev–Trinajstić information content (AvgIpc) is 2.09. The maximum absolute atomic E-state index is 6.12. The third-order valence-electron chi connectivity index (χ3n) is 2.52. The van der Waals surface area contributed by atoms with Crippen molar-refractivity contribution in [1.29, 1.82) is 0 Å². The molecule has 0 aromatic heterocycles. The fourth-order valence-corrected chi connectivity index (χ4v) is 1.62. The second-order valence-electron chi connectivity index (χ2n) is 4.21. The molecule has 2 heteroatoms. The van der Waals surface area contributed by atoms with Gasteiger partial charge < -0.3 is 5.73 Å². The summed E-state index contributed by atoms with van der Waals surface area (Å²) in [6.07, 6.45) is 0.858. The van der Waals surface area contributed by atoms with Crippen LogP contribution in [0.5, 0.6) is 0 Å². The van der Waals surface area contributed by atoms with Gasteiger partial charge in [-0.2, -0.15) is 0 Å². The Labute approximate surface area is 91.3 Å². The van der Waals surface area contributed by atoms with E-state index in [0.29, 0.717) is 5.92 Å². The summed E-state index contributed by atoms with van der Waals surface area (Å²) in [5.74, 6) is 0.493. The molecule has 0 amide bonds. The Hall–Kier alpha value is -0.530. The van der Waals surface area contributed by atoms with Crippen LogP contribution in [0.15, 0.2) is 18.2 Å². The molecule has 14 heavy (non-hydrogen) atoms. The van der Waals surface area contributed by atoms with Gasteiger partial charge in [0.25, 0.3) is 0 Å². The number of rotatable bonds is 3. The van der Waals surface area contributed by atoms with Gasteiger partial charge in [-0.1, -0.05) is 37.6 Å². The second-order valence-corrected chi connectivity index (χ2v) is 4.61. The van der Waals surface area contributed by atoms with Crippen LogP contribution in [-0.4, -0.2) is 6.04 Å². The summed E-state index contributed by atoms with van der Waals surface area (Å²) < 4.78 is 0. The Balaban J connectivity index is 2.77. The maximum atomic E-state index is 6.12. The molecule has 0 spiro atoms. The van der Waals surface area contributed by atoms with Crippen molar-refractivity contribution in [2.45, 2.75) is 33.2 Å². The van der Waals surface area contributed by atoms with Gasteiger partial charge in [-0.25, -0.2) is 0 Å². The molecule has 1 unspecified atom stereocenters. The van der Waals surface area contributed by atoms with E-state index in [1.807, 2.05) is 13.0 Å². The predicted octanol–water partition coefficient (Wildman–Crippen LogP) is 3.17. The lowest BCUT2D eigenvalue weighted by molar-refractivity contribution is 0.490. The summed E-state index contributed by atoms with van der Waals surface area (Å²) in [5, 5.41) is 0.834. The van der Waals surface area contributed by atoms with Gasteiger partial charge in [0, 0.05) is 11.1 Å². The summed E-state index contributed by atoms with van der Waals surface area (Å²) in [5.41, 5.74) is 8.34. The summed E-state index contributed by atoms with van der Waals surface area (Å²) in [7, 11) is 0. The lowest BCUT2D eigenvalue weighted by Crippen LogP contribution is -2.28. The Morgan fingerprint density at radius 3 is 2.50 bits per heavy atom. The van der Waals surface area contributed by atoms with Gasteiger partial charge in [-0.15, -0.1) is 0 Å². The van der Waals surface area contributed by atoms with Gasteiger partial charge in [0.05, 0.1) is 0 Å². The van der Waals surface area contributed by atoms with E-state index in [1.165, 1.54) is 5.56 Å². The van der Waals surface area contributed by atoms with Gasteiger partial charge >= 0.3 is 0 Å². The number of benzene rings is 1. The highest BCUT2D eigenvalue weighted by molar-refractivity contribution is 6.31. The molecule has 0 aliphatic heterocycles. The van der Waals surface area contributed by atoms with Crippen LogP contribution >= 0.6 is 11.6 Å². The third-order valence-corrected chi connectivity index (χ3v) is 2.87. The van der Waals surface area contributed by atoms with E-state index >= 15 is 0 Å². The highest BCUT2D eigenvalue weighted by Crippen LogP contribution is 2.20. The summed E-state index contributed by atoms with van der Waals surface area (Å²) in [6, 6.07) is 6.33. The minimum Gasteiger partial charge on any atom is -0.327 e. The number of nitrogens with two attached hydrogens (primary N) is 1. The molecule has 1 rings (SSSR count). The predicted molar refractivity (Wildman–Crippen MR) is 62.7 cm³/mol. The SMILES string of the molecule is Cc1ccc(CC(N)C(C)C)c(Cl)c1. The zero-order chi connectivity index (χ0) is 10.7. The molecule has 0 fully saturated rings. The average molecular weight is 212 g/mol. The van der Waals surface area contributed by atoms with Crippen molar-refractivity contribution in [1.82, 2.24) is 0 Å². The van der Waals surface area contributed by atoms with E-state index in [-0.39, 0.29) is 6.04 Å². The van der Waals surface area contributed by atoms with E-state index in [1.54, 1.807) is 0 Å². The van der Waals surface area contributed by atoms with Gasteiger partial charge in [0.1, 0.15) is 0 Å². The minimum atomic E-state index is 0.190. The second kappa shape index (κ2) is 4.81. The van der Waals surface area contributed by atoms with Crippen LogP contribution in [-0.2, 0) is 6.42 Å². The largest absolute Gasteiger partial charge is 0.327 e. The lowest BCUT2D eigenvalue weighted by atomic mass is 9.97. The molecule has 0 radical (unpaired) electrons. The standard InChI is InChI=1S/C12H18ClN/c1-8(2)12(14)7-10-5-4-9(3)6-11(10)13/h4-6,8,12H,7,14H2,1-3H3. The van der Waals surface area contributed by atoms with Crippen LogP contribution in [0, 0.1) is 12.8 Å². The van der Waals surface area contributed by atoms with Gasteiger partial charge in [0.2, 0.25) is 0 Å². The Kier molecular flexibility index (Phi) is 3.97. The Morgan fingerprint density at radius 1 is 1.36 bits per heavy atom. The van der Waals surface area contributed by atoms with E-state index in [2.05, 4.69) is 26.0 Å². The molecule has 1 aromatic carbocycles. The monoisotopic (exact) mass is 211 g/mol. The van der Waals surface area contributed by atoms with Crippen LogP contribution in [0.1, 0.15) is 25.0 Å². The molecule has 0 saturated carbocycles. The number of hydrogen-bond acceptors (Lipinski definition) is 1. The van der Waals surface area contributed by atoms with Crippen molar-refractivity contribution in [3.8, 4) is 0 Å². The smallest absolute Gasteiger partial charge is 0.0441 e. The van der Waals surface area contributed by atoms with Crippen LogP contribution < -0.4 is 5.73 Å². The van der Waals surface area contributed by atoms with Crippen molar-refractivity contribution in [3.63, 3.8) is 0 Å². The molecule has 78 valence electrons. The summed E-state index contributed by atoms with van der Waals surface area (Å²) in [4.78, 5) is 0. The van der Waals surface area contributed by atoms with Crippen LogP contribution in [0.3, 0.4) is 0 Å². The topological polar surface area (TPSA) is 26.0 Å². The maximum Gasteiger partial charge on any atom is 0.0441 e. The fourth-order valence-electron chi connectivity index (χ4n) is 1.31. The van der Waals surface area contributed by atoms with Gasteiger partial charge in [0.15, 0.2) is 0 Å². The molecule has 0 bridgehead atoms. The van der Waals surface area contributed by atoms with Crippen LogP contribution in [0.4, 0.5) is 0 Å². The highest BCUT2D eigenvalue weighted by Gasteiger charge is 2.10. The van der Waals surface area contributed by atoms with Gasteiger partial charge in [-0.05, 0) is 36.5 Å². The van der Waals surface area contributed by atoms with E-state index in [9.17, 15) is 0 Å². The third kappa shape index (κ3) is 3.00. The summed E-state index contributed by atoms with van der Waals surface area (Å²) >= 11 is 6.12. The summed E-state index contributed by atoms with van der Waals surface area (Å²) in [6.45, 7) is 6.30. The van der Waals surface area contributed by atoms with Crippen molar-refractivity contribution in [2.24, 2.45) is 11.7 Å². The molecule has 1 nitrogen and oxygen atoms in total. The number of aryl methyl sites for hydroxylation is 1. The zero-order valence-electron chi connectivity index (χ0n) is 9.05. The molecule has 0 aliphatic carbocycles. The number of hydrogen-bond donors (Lipinski definition) is 1. The lowest BCUT2D eigenvalue weighted by Gasteiger charge is -2.16. The molecule has 1 atom stereocenters. The van der Waals surface area contributed by atoms with Crippen LogP contribution in [0.2, 0.25) is 5.02 Å². The highest BCUT2D eigenvalue weighted by atomic mass is 35.5. The molecule has 2 N–H and O–H groups in total. The molecule has 0 aliphatic rings. The molecule has 0 heterocycles. The molecular weight excluding hydrogens is 194 g/mol. The van der Waals surface area contributed by atoms with Gasteiger partial charge in [-0.3, -0.25) is 0 Å². The fraction of sp³-hybridized carbons (Fsp3) is 0.500. The first-order valence-electron chi connectivity index (χ1n) is 5.01. The normalized spacial score (nSPS) is 13.3. The van der Waals surface area contributed by atoms with Crippen molar-refractivity contribution in [2.75, 3.05) is 0 Å². The Morgan fingerprint density at radius 2 is 2.00 bits per heavy atom. The molecular formula is C12H18ClN. The zero-order valence-corrected chi connectivity index (χ0v) is 9.81.